The van der Waals surface area contributed by atoms with Crippen LogP contribution < -0.4 is 5.73 Å². The largest absolute Gasteiger partial charge is 0.401 e. The van der Waals surface area contributed by atoms with Crippen molar-refractivity contribution in [3.8, 4) is 0 Å². The molecule has 2 nitrogen and oxygen atoms in total. The van der Waals surface area contributed by atoms with E-state index < -0.39 is 0 Å². The quantitative estimate of drug-likeness (QED) is 0.762. The van der Waals surface area contributed by atoms with Crippen molar-refractivity contribution >= 4 is 11.8 Å². The molecule has 0 aromatic heterocycles. The van der Waals surface area contributed by atoms with Gasteiger partial charge in [-0.15, -0.1) is 11.8 Å². The summed E-state index contributed by atoms with van der Waals surface area (Å²) in [5.74, 6) is 2.45. The lowest BCUT2D eigenvalue weighted by Gasteiger charge is -2.19. The molecule has 0 fully saturated rings. The van der Waals surface area contributed by atoms with Crippen LogP contribution >= 0.6 is 11.8 Å². The Morgan fingerprint density at radius 3 is 3.00 bits per heavy atom. The van der Waals surface area contributed by atoms with Crippen LogP contribution in [0.15, 0.2) is 11.9 Å². The molecule has 3 heteroatoms. The van der Waals surface area contributed by atoms with Gasteiger partial charge in [0, 0.05) is 24.4 Å². The summed E-state index contributed by atoms with van der Waals surface area (Å²) in [4.78, 5) is 2.33. The zero-order valence-electron chi connectivity index (χ0n) is 9.49. The molecular formula is C11H22N2S. The Hall–Kier alpha value is -0.310. The summed E-state index contributed by atoms with van der Waals surface area (Å²) in [6.07, 6.45) is 6.76. The second-order valence-electron chi connectivity index (χ2n) is 4.26. The van der Waals surface area contributed by atoms with E-state index in [0.717, 1.165) is 24.0 Å². The van der Waals surface area contributed by atoms with Gasteiger partial charge in [-0.2, -0.15) is 0 Å². The summed E-state index contributed by atoms with van der Waals surface area (Å²) in [7, 11) is 0. The van der Waals surface area contributed by atoms with Gasteiger partial charge in [0.1, 0.15) is 0 Å². The molecule has 0 spiro atoms. The number of nitrogens with two attached hydrogens (primary N) is 1. The Bertz CT molecular complexity index is 203. The summed E-state index contributed by atoms with van der Waals surface area (Å²) < 4.78 is 0. The number of nitrogens with zero attached hydrogens (tertiary/aromatic N) is 1. The Morgan fingerprint density at radius 2 is 2.43 bits per heavy atom. The first-order valence-electron chi connectivity index (χ1n) is 5.37. The SMILES string of the molecule is CCC(C)CC1CN(CSC)C=C1N. The minimum Gasteiger partial charge on any atom is -0.401 e. The van der Waals surface area contributed by atoms with Gasteiger partial charge >= 0.3 is 0 Å². The van der Waals surface area contributed by atoms with Crippen LogP contribution in [0.1, 0.15) is 26.7 Å². The van der Waals surface area contributed by atoms with Gasteiger partial charge in [0.25, 0.3) is 0 Å². The first kappa shape index (κ1) is 11.8. The van der Waals surface area contributed by atoms with Gasteiger partial charge in [-0.05, 0) is 18.6 Å². The minimum absolute atomic E-state index is 0.595. The number of thioether (sulfide) groups is 1. The van der Waals surface area contributed by atoms with Crippen molar-refractivity contribution in [3.05, 3.63) is 11.9 Å². The van der Waals surface area contributed by atoms with Crippen molar-refractivity contribution in [3.63, 3.8) is 0 Å². The summed E-state index contributed by atoms with van der Waals surface area (Å²) in [5.41, 5.74) is 7.10. The maximum absolute atomic E-state index is 6.01. The normalized spacial score (nSPS) is 23.8. The molecule has 0 aromatic rings. The van der Waals surface area contributed by atoms with E-state index in [1.165, 1.54) is 12.8 Å². The average Bonchev–Trinajstić information content (AvgIpc) is 2.47. The van der Waals surface area contributed by atoms with Crippen molar-refractivity contribution in [1.82, 2.24) is 4.90 Å². The first-order valence-corrected chi connectivity index (χ1v) is 6.76. The van der Waals surface area contributed by atoms with E-state index in [9.17, 15) is 0 Å². The molecule has 0 saturated heterocycles. The standard InChI is InChI=1S/C11H22N2S/c1-4-9(2)5-10-6-13(8-14-3)7-11(10)12/h7,9-10H,4-6,8,12H2,1-3H3. The van der Waals surface area contributed by atoms with Crippen molar-refractivity contribution in [1.29, 1.82) is 0 Å². The van der Waals surface area contributed by atoms with E-state index in [2.05, 4.69) is 31.2 Å². The van der Waals surface area contributed by atoms with Crippen LogP contribution in [0.4, 0.5) is 0 Å². The Kier molecular flexibility index (Phi) is 4.66. The third kappa shape index (κ3) is 3.12. The van der Waals surface area contributed by atoms with Gasteiger partial charge in [-0.1, -0.05) is 20.3 Å². The summed E-state index contributed by atoms with van der Waals surface area (Å²) >= 11 is 1.85. The third-order valence-corrected chi connectivity index (χ3v) is 3.53. The van der Waals surface area contributed by atoms with Crippen LogP contribution in [0, 0.1) is 11.8 Å². The second-order valence-corrected chi connectivity index (χ2v) is 5.10. The molecule has 2 atom stereocenters. The molecule has 14 heavy (non-hydrogen) atoms. The van der Waals surface area contributed by atoms with Gasteiger partial charge < -0.3 is 10.6 Å². The second kappa shape index (κ2) is 5.54. The van der Waals surface area contributed by atoms with Crippen LogP contribution in [-0.2, 0) is 0 Å². The molecule has 1 aliphatic rings. The zero-order chi connectivity index (χ0) is 10.6. The van der Waals surface area contributed by atoms with Crippen LogP contribution in [0.2, 0.25) is 0 Å². The molecule has 82 valence electrons. The lowest BCUT2D eigenvalue weighted by molar-refractivity contribution is 0.361. The molecule has 2 unspecified atom stereocenters. The van der Waals surface area contributed by atoms with E-state index in [1.54, 1.807) is 0 Å². The predicted octanol–water partition coefficient (Wildman–Crippen LogP) is 2.48. The zero-order valence-corrected chi connectivity index (χ0v) is 10.3. The number of rotatable bonds is 5. The first-order chi connectivity index (χ1) is 6.67. The molecule has 0 amide bonds. The molecule has 0 radical (unpaired) electrons. The highest BCUT2D eigenvalue weighted by Crippen LogP contribution is 2.26. The monoisotopic (exact) mass is 214 g/mol. The van der Waals surface area contributed by atoms with E-state index in [-0.39, 0.29) is 0 Å². The summed E-state index contributed by atoms with van der Waals surface area (Å²) in [5, 5.41) is 0. The van der Waals surface area contributed by atoms with Crippen LogP contribution in [-0.4, -0.2) is 23.6 Å². The minimum atomic E-state index is 0.595. The average molecular weight is 214 g/mol. The lowest BCUT2D eigenvalue weighted by Crippen LogP contribution is -2.20. The van der Waals surface area contributed by atoms with Crippen LogP contribution in [0.25, 0.3) is 0 Å². The molecule has 0 bridgehead atoms. The molecular weight excluding hydrogens is 192 g/mol. The Labute approximate surface area is 91.9 Å². The molecule has 1 rings (SSSR count). The Balaban J connectivity index is 2.39. The fourth-order valence-corrected chi connectivity index (χ4v) is 2.39. The highest BCUT2D eigenvalue weighted by molar-refractivity contribution is 7.98. The topological polar surface area (TPSA) is 29.3 Å². The van der Waals surface area contributed by atoms with E-state index >= 15 is 0 Å². The van der Waals surface area contributed by atoms with Gasteiger partial charge in [0.15, 0.2) is 0 Å². The van der Waals surface area contributed by atoms with Crippen molar-refractivity contribution in [2.75, 3.05) is 18.7 Å². The summed E-state index contributed by atoms with van der Waals surface area (Å²) in [6, 6.07) is 0. The lowest BCUT2D eigenvalue weighted by atomic mass is 9.93. The van der Waals surface area contributed by atoms with Gasteiger partial charge in [-0.25, -0.2) is 0 Å². The van der Waals surface area contributed by atoms with Crippen molar-refractivity contribution in [2.24, 2.45) is 17.6 Å². The van der Waals surface area contributed by atoms with Crippen molar-refractivity contribution in [2.45, 2.75) is 26.7 Å². The maximum atomic E-state index is 6.01. The van der Waals surface area contributed by atoms with Crippen molar-refractivity contribution < 1.29 is 0 Å². The van der Waals surface area contributed by atoms with E-state index in [0.29, 0.717) is 5.92 Å². The van der Waals surface area contributed by atoms with Gasteiger partial charge in [-0.3, -0.25) is 0 Å². The fraction of sp³-hybridized carbons (Fsp3) is 0.818. The highest BCUT2D eigenvalue weighted by Gasteiger charge is 2.23. The smallest absolute Gasteiger partial charge is 0.0632 e. The molecule has 1 heterocycles. The third-order valence-electron chi connectivity index (χ3n) is 2.94. The number of hydrogen-bond acceptors (Lipinski definition) is 3. The molecule has 2 N–H and O–H groups in total. The predicted molar refractivity (Wildman–Crippen MR) is 64.9 cm³/mol. The fourth-order valence-electron chi connectivity index (χ4n) is 1.88. The van der Waals surface area contributed by atoms with E-state index in [1.807, 2.05) is 11.8 Å². The Morgan fingerprint density at radius 1 is 1.71 bits per heavy atom. The molecule has 0 aliphatic carbocycles. The highest BCUT2D eigenvalue weighted by atomic mass is 32.2. The molecule has 0 saturated carbocycles. The molecule has 0 aromatic carbocycles. The molecule has 1 aliphatic heterocycles. The van der Waals surface area contributed by atoms with Crippen LogP contribution in [0.3, 0.4) is 0 Å². The maximum Gasteiger partial charge on any atom is 0.0632 e. The number of hydrogen-bond donors (Lipinski definition) is 1. The van der Waals surface area contributed by atoms with Gasteiger partial charge in [0.05, 0.1) is 5.88 Å². The summed E-state index contributed by atoms with van der Waals surface area (Å²) in [6.45, 7) is 5.68. The van der Waals surface area contributed by atoms with E-state index in [4.69, 9.17) is 5.73 Å². The van der Waals surface area contributed by atoms with Crippen LogP contribution in [0.5, 0.6) is 0 Å². The van der Waals surface area contributed by atoms with Gasteiger partial charge in [0.2, 0.25) is 0 Å².